The average molecular weight is 311 g/mol. The maximum atomic E-state index is 10.8. The van der Waals surface area contributed by atoms with Crippen molar-refractivity contribution in [2.45, 2.75) is 32.8 Å². The van der Waals surface area contributed by atoms with E-state index in [1.54, 1.807) is 18.3 Å². The van der Waals surface area contributed by atoms with Crippen LogP contribution >= 0.6 is 22.7 Å². The molecule has 1 N–H and O–H groups in total. The van der Waals surface area contributed by atoms with Gasteiger partial charge in [0.15, 0.2) is 0 Å². The van der Waals surface area contributed by atoms with E-state index in [0.29, 0.717) is 18.0 Å². The van der Waals surface area contributed by atoms with Gasteiger partial charge in [0.1, 0.15) is 10.6 Å². The molecule has 4 nitrogen and oxygen atoms in total. The fourth-order valence-corrected chi connectivity index (χ4v) is 3.69. The Morgan fingerprint density at radius 2 is 2.30 bits per heavy atom. The number of aliphatic hydroxyl groups is 1. The molecule has 20 heavy (non-hydrogen) atoms. The van der Waals surface area contributed by atoms with Crippen molar-refractivity contribution in [1.82, 2.24) is 4.98 Å². The van der Waals surface area contributed by atoms with Crippen molar-refractivity contribution >= 4 is 28.6 Å². The van der Waals surface area contributed by atoms with Crippen molar-refractivity contribution in [3.8, 4) is 0 Å². The molecule has 0 saturated carbocycles. The number of esters is 1. The van der Waals surface area contributed by atoms with Crippen molar-refractivity contribution in [3.05, 3.63) is 38.0 Å². The summed E-state index contributed by atoms with van der Waals surface area (Å²) in [5.74, 6) is -0.280. The minimum Gasteiger partial charge on any atom is -0.465 e. The number of hydrogen-bond donors (Lipinski definition) is 1. The monoisotopic (exact) mass is 311 g/mol. The highest BCUT2D eigenvalue weighted by Crippen LogP contribution is 2.34. The number of nitrogens with zero attached hydrogens (tertiary/aromatic N) is 1. The van der Waals surface area contributed by atoms with E-state index in [-0.39, 0.29) is 5.97 Å². The van der Waals surface area contributed by atoms with E-state index in [4.69, 9.17) is 4.74 Å². The van der Waals surface area contributed by atoms with Crippen LogP contribution in [0.3, 0.4) is 0 Å². The molecule has 0 amide bonds. The Kier molecular flexibility index (Phi) is 4.57. The Hall–Kier alpha value is -1.24. The molecule has 2 aromatic heterocycles. The predicted octanol–water partition coefficient (Wildman–Crippen LogP) is 2.87. The second-order valence-corrected chi connectivity index (χ2v) is 6.57. The molecular formula is C14H17NO3S2. The van der Waals surface area contributed by atoms with Gasteiger partial charge in [0.05, 0.1) is 12.3 Å². The van der Waals surface area contributed by atoms with Crippen LogP contribution in [0.4, 0.5) is 0 Å². The van der Waals surface area contributed by atoms with Gasteiger partial charge >= 0.3 is 5.97 Å². The Morgan fingerprint density at radius 1 is 1.55 bits per heavy atom. The molecule has 0 fully saturated rings. The zero-order chi connectivity index (χ0) is 14.8. The molecule has 1 unspecified atom stereocenters. The molecule has 2 heterocycles. The van der Waals surface area contributed by atoms with E-state index in [9.17, 15) is 9.90 Å². The van der Waals surface area contributed by atoms with E-state index >= 15 is 0 Å². The summed E-state index contributed by atoms with van der Waals surface area (Å²) in [6.07, 6.45) is 0.628. The molecule has 0 aliphatic heterocycles. The summed E-state index contributed by atoms with van der Waals surface area (Å²) in [7, 11) is 0. The molecule has 0 aromatic carbocycles. The smallest absolute Gasteiger partial charge is 0.302 e. The van der Waals surface area contributed by atoms with Gasteiger partial charge in [-0.25, -0.2) is 4.98 Å². The molecule has 0 spiro atoms. The molecule has 0 radical (unpaired) electrons. The molecule has 2 aromatic rings. The average Bonchev–Trinajstić information content (AvgIpc) is 2.99. The van der Waals surface area contributed by atoms with Crippen LogP contribution in [0.2, 0.25) is 0 Å². The first-order valence-electron chi connectivity index (χ1n) is 6.26. The number of thiazole rings is 1. The normalized spacial score (nSPS) is 14.0. The molecule has 6 heteroatoms. The number of rotatable bonds is 5. The summed E-state index contributed by atoms with van der Waals surface area (Å²) in [5, 5.41) is 15.2. The molecule has 2 rings (SSSR count). The highest BCUT2D eigenvalue weighted by atomic mass is 32.1. The Labute approximate surface area is 126 Å². The van der Waals surface area contributed by atoms with Gasteiger partial charge < -0.3 is 9.84 Å². The van der Waals surface area contributed by atoms with Crippen LogP contribution in [-0.4, -0.2) is 22.7 Å². The lowest BCUT2D eigenvalue weighted by Crippen LogP contribution is -2.21. The fraction of sp³-hybridized carbons (Fsp3) is 0.429. The molecule has 0 aliphatic carbocycles. The van der Waals surface area contributed by atoms with E-state index in [2.05, 4.69) is 4.98 Å². The summed E-state index contributed by atoms with van der Waals surface area (Å²) in [6.45, 7) is 5.40. The quantitative estimate of drug-likeness (QED) is 0.863. The van der Waals surface area contributed by atoms with Gasteiger partial charge in [-0.3, -0.25) is 4.79 Å². The van der Waals surface area contributed by atoms with E-state index < -0.39 is 5.60 Å². The molecular weight excluding hydrogens is 294 g/mol. The first kappa shape index (κ1) is 15.2. The van der Waals surface area contributed by atoms with E-state index in [0.717, 1.165) is 16.1 Å². The SMILES string of the molecule is CC(=O)OCCc1sc(C(C)(O)c2ccsc2)nc1C. The number of aromatic nitrogens is 1. The van der Waals surface area contributed by atoms with Crippen molar-refractivity contribution < 1.29 is 14.6 Å². The summed E-state index contributed by atoms with van der Waals surface area (Å²) >= 11 is 3.02. The number of aryl methyl sites for hydroxylation is 1. The van der Waals surface area contributed by atoms with Crippen LogP contribution < -0.4 is 0 Å². The van der Waals surface area contributed by atoms with Crippen LogP contribution in [0, 0.1) is 6.92 Å². The van der Waals surface area contributed by atoms with Crippen LogP contribution in [0.25, 0.3) is 0 Å². The maximum Gasteiger partial charge on any atom is 0.302 e. The molecule has 0 saturated heterocycles. The lowest BCUT2D eigenvalue weighted by molar-refractivity contribution is -0.140. The van der Waals surface area contributed by atoms with Crippen molar-refractivity contribution in [2.75, 3.05) is 6.61 Å². The molecule has 0 aliphatic rings. The largest absolute Gasteiger partial charge is 0.465 e. The molecule has 1 atom stereocenters. The first-order valence-corrected chi connectivity index (χ1v) is 8.02. The second-order valence-electron chi connectivity index (χ2n) is 4.70. The molecule has 0 bridgehead atoms. The van der Waals surface area contributed by atoms with Gasteiger partial charge in [-0.05, 0) is 30.7 Å². The Morgan fingerprint density at radius 3 is 2.90 bits per heavy atom. The van der Waals surface area contributed by atoms with Gasteiger partial charge in [-0.15, -0.1) is 11.3 Å². The van der Waals surface area contributed by atoms with Gasteiger partial charge in [0.25, 0.3) is 0 Å². The third-order valence-corrected chi connectivity index (χ3v) is 5.14. The second kappa shape index (κ2) is 6.03. The molecule has 108 valence electrons. The van der Waals surface area contributed by atoms with Crippen LogP contribution in [0.1, 0.15) is 35.0 Å². The van der Waals surface area contributed by atoms with Crippen molar-refractivity contribution in [2.24, 2.45) is 0 Å². The summed E-state index contributed by atoms with van der Waals surface area (Å²) in [5.41, 5.74) is 0.658. The topological polar surface area (TPSA) is 59.4 Å². The minimum absolute atomic E-state index is 0.280. The lowest BCUT2D eigenvalue weighted by Gasteiger charge is -2.19. The Bertz CT molecular complexity index is 588. The van der Waals surface area contributed by atoms with Gasteiger partial charge in [0.2, 0.25) is 0 Å². The van der Waals surface area contributed by atoms with Crippen molar-refractivity contribution in [1.29, 1.82) is 0 Å². The van der Waals surface area contributed by atoms with Crippen LogP contribution in [-0.2, 0) is 21.6 Å². The summed E-state index contributed by atoms with van der Waals surface area (Å²) < 4.78 is 4.95. The van der Waals surface area contributed by atoms with E-state index in [1.165, 1.54) is 18.3 Å². The summed E-state index contributed by atoms with van der Waals surface area (Å²) in [6, 6.07) is 1.90. The standard InChI is InChI=1S/C14H17NO3S2/c1-9-12(4-6-18-10(2)16)20-13(15-9)14(3,17)11-5-7-19-8-11/h5,7-8,17H,4,6H2,1-3H3. The number of carbonyl (C=O) groups is 1. The van der Waals surface area contributed by atoms with Crippen LogP contribution in [0.15, 0.2) is 16.8 Å². The highest BCUT2D eigenvalue weighted by Gasteiger charge is 2.30. The number of hydrogen-bond acceptors (Lipinski definition) is 6. The predicted molar refractivity (Wildman–Crippen MR) is 80.2 cm³/mol. The van der Waals surface area contributed by atoms with Crippen molar-refractivity contribution in [3.63, 3.8) is 0 Å². The zero-order valence-corrected chi connectivity index (χ0v) is 13.3. The van der Waals surface area contributed by atoms with Gasteiger partial charge in [0, 0.05) is 23.8 Å². The van der Waals surface area contributed by atoms with Gasteiger partial charge in [-0.1, -0.05) is 0 Å². The number of thiophene rings is 1. The maximum absolute atomic E-state index is 10.8. The number of carbonyl (C=O) groups excluding carboxylic acids is 1. The third kappa shape index (κ3) is 3.26. The summed E-state index contributed by atoms with van der Waals surface area (Å²) in [4.78, 5) is 16.3. The highest BCUT2D eigenvalue weighted by molar-refractivity contribution is 7.12. The third-order valence-electron chi connectivity index (χ3n) is 3.03. The first-order chi connectivity index (χ1) is 9.41. The van der Waals surface area contributed by atoms with Gasteiger partial charge in [-0.2, -0.15) is 11.3 Å². The Balaban J connectivity index is 2.16. The number of ether oxygens (including phenoxy) is 1. The fourth-order valence-electron chi connectivity index (χ4n) is 1.82. The van der Waals surface area contributed by atoms with Crippen LogP contribution in [0.5, 0.6) is 0 Å². The minimum atomic E-state index is -1.07. The lowest BCUT2D eigenvalue weighted by atomic mass is 10.0. The van der Waals surface area contributed by atoms with E-state index in [1.807, 2.05) is 23.8 Å². The zero-order valence-electron chi connectivity index (χ0n) is 11.7.